The second kappa shape index (κ2) is 10.8. The van der Waals surface area contributed by atoms with Crippen LogP contribution in [0.3, 0.4) is 0 Å². The van der Waals surface area contributed by atoms with Crippen LogP contribution in [0.4, 0.5) is 0 Å². The number of nitrogens with zero attached hydrogens (tertiary/aromatic N) is 2. The maximum absolute atomic E-state index is 8.23. The number of benzene rings is 4. The summed E-state index contributed by atoms with van der Waals surface area (Å²) in [4.78, 5) is 9.95. The van der Waals surface area contributed by atoms with Crippen molar-refractivity contribution in [3.63, 3.8) is 0 Å². The fraction of sp³-hybridized carbons (Fsp3) is 0.103. The Balaban J connectivity index is 1.27. The van der Waals surface area contributed by atoms with Gasteiger partial charge in [-0.25, -0.2) is 9.98 Å². The van der Waals surface area contributed by atoms with E-state index in [0.29, 0.717) is 40.4 Å². The Morgan fingerprint density at radius 1 is 0.800 bits per heavy atom. The minimum Gasteiger partial charge on any atom is -0.449 e. The van der Waals surface area contributed by atoms with Gasteiger partial charge in [-0.15, -0.1) is 0 Å². The molecule has 6 nitrogen and oxygen atoms in total. The first kappa shape index (κ1) is 28.0. The van der Waals surface area contributed by atoms with E-state index in [9.17, 15) is 0 Å². The van der Waals surface area contributed by atoms with Gasteiger partial charge in [0, 0.05) is 27.7 Å². The molecule has 220 valence electrons. The zero-order valence-electron chi connectivity index (χ0n) is 25.2. The largest absolute Gasteiger partial charge is 0.449 e. The molecular weight excluding hydrogens is 556 g/mol. The van der Waals surface area contributed by atoms with Crippen molar-refractivity contribution in [2.24, 2.45) is 9.98 Å². The van der Waals surface area contributed by atoms with Gasteiger partial charge < -0.3 is 20.2 Å². The Morgan fingerprint density at radius 3 is 2.38 bits per heavy atom. The van der Waals surface area contributed by atoms with E-state index < -0.39 is 6.17 Å². The number of fused-ring (bicyclic) bond motifs is 5. The summed E-state index contributed by atoms with van der Waals surface area (Å²) in [6.07, 6.45) is 6.23. The predicted molar refractivity (Wildman–Crippen MR) is 182 cm³/mol. The van der Waals surface area contributed by atoms with Gasteiger partial charge in [0.25, 0.3) is 0 Å². The van der Waals surface area contributed by atoms with Crippen LogP contribution in [0.15, 0.2) is 138 Å². The van der Waals surface area contributed by atoms with Gasteiger partial charge in [0.15, 0.2) is 29.2 Å². The number of aliphatic imine (C=N–C) groups is 2. The highest BCUT2D eigenvalue weighted by Gasteiger charge is 2.37. The van der Waals surface area contributed by atoms with E-state index in [4.69, 9.17) is 24.9 Å². The van der Waals surface area contributed by atoms with Crippen LogP contribution in [-0.4, -0.2) is 17.4 Å². The third kappa shape index (κ3) is 4.71. The van der Waals surface area contributed by atoms with E-state index in [1.54, 1.807) is 12.2 Å². The van der Waals surface area contributed by atoms with Gasteiger partial charge in [-0.3, -0.25) is 0 Å². The first-order chi connectivity index (χ1) is 21.8. The maximum Gasteiger partial charge on any atom is 0.170 e. The van der Waals surface area contributed by atoms with E-state index >= 15 is 0 Å². The molecule has 1 atom stereocenters. The molecule has 7 rings (SSSR count). The lowest BCUT2D eigenvalue weighted by molar-refractivity contribution is 0.358. The van der Waals surface area contributed by atoms with Crippen LogP contribution in [0.5, 0.6) is 23.0 Å². The Hall–Kier alpha value is -5.75. The number of hydrogen-bond donors (Lipinski definition) is 2. The molecule has 0 saturated heterocycles. The first-order valence-corrected chi connectivity index (χ1v) is 14.8. The summed E-state index contributed by atoms with van der Waals surface area (Å²) in [7, 11) is 0. The molecule has 0 spiro atoms. The van der Waals surface area contributed by atoms with Crippen molar-refractivity contribution in [1.82, 2.24) is 5.32 Å². The van der Waals surface area contributed by atoms with Crippen molar-refractivity contribution in [3.8, 4) is 34.1 Å². The molecule has 2 aliphatic heterocycles. The molecule has 3 aliphatic rings. The first-order valence-electron chi connectivity index (χ1n) is 14.8. The zero-order chi connectivity index (χ0) is 31.3. The average Bonchev–Trinajstić information content (AvgIpc) is 3.29. The van der Waals surface area contributed by atoms with Gasteiger partial charge in [0.05, 0.1) is 5.71 Å². The van der Waals surface area contributed by atoms with Crippen molar-refractivity contribution in [2.75, 3.05) is 0 Å². The van der Waals surface area contributed by atoms with Crippen molar-refractivity contribution >= 4 is 17.4 Å². The van der Waals surface area contributed by atoms with Gasteiger partial charge in [0.2, 0.25) is 0 Å². The van der Waals surface area contributed by atoms with Crippen LogP contribution in [-0.2, 0) is 5.41 Å². The highest BCUT2D eigenvalue weighted by atomic mass is 16.6. The van der Waals surface area contributed by atoms with Gasteiger partial charge in [-0.1, -0.05) is 100 Å². The Kier molecular flexibility index (Phi) is 6.70. The number of ether oxygens (including phenoxy) is 2. The number of rotatable bonds is 7. The second-order valence-corrected chi connectivity index (χ2v) is 11.6. The molecule has 1 unspecified atom stereocenters. The summed E-state index contributed by atoms with van der Waals surface area (Å²) in [5.74, 6) is 3.85. The fourth-order valence-corrected chi connectivity index (χ4v) is 6.17. The van der Waals surface area contributed by atoms with Crippen molar-refractivity contribution in [2.45, 2.75) is 25.4 Å². The summed E-state index contributed by atoms with van der Waals surface area (Å²) in [5, 5.41) is 11.6. The monoisotopic (exact) mass is 588 g/mol. The van der Waals surface area contributed by atoms with Crippen LogP contribution in [0.25, 0.3) is 11.1 Å². The quantitative estimate of drug-likeness (QED) is 0.147. The van der Waals surface area contributed by atoms with Crippen LogP contribution >= 0.6 is 0 Å². The molecule has 2 heterocycles. The van der Waals surface area contributed by atoms with Crippen molar-refractivity contribution in [3.05, 3.63) is 156 Å². The lowest BCUT2D eigenvalue weighted by Crippen LogP contribution is -2.36. The zero-order valence-corrected chi connectivity index (χ0v) is 25.2. The molecule has 0 bridgehead atoms. The molecule has 0 fully saturated rings. The maximum atomic E-state index is 8.23. The summed E-state index contributed by atoms with van der Waals surface area (Å²) in [6.45, 7) is 16.1. The molecule has 0 saturated carbocycles. The normalized spacial score (nSPS) is 17.0. The van der Waals surface area contributed by atoms with Gasteiger partial charge in [-0.05, 0) is 58.7 Å². The lowest BCUT2D eigenvalue weighted by Gasteiger charge is -2.26. The number of amidine groups is 2. The summed E-state index contributed by atoms with van der Waals surface area (Å²) >= 11 is 0. The Labute approximate surface area is 263 Å². The third-order valence-corrected chi connectivity index (χ3v) is 8.54. The Morgan fingerprint density at radius 2 is 1.58 bits per heavy atom. The lowest BCUT2D eigenvalue weighted by atomic mass is 9.82. The minimum absolute atomic E-state index is 0.152. The average molecular weight is 589 g/mol. The molecule has 4 aromatic rings. The topological polar surface area (TPSA) is 79.1 Å². The molecule has 4 aromatic carbocycles. The van der Waals surface area contributed by atoms with E-state index in [1.165, 1.54) is 28.3 Å². The van der Waals surface area contributed by atoms with E-state index in [-0.39, 0.29) is 5.41 Å². The smallest absolute Gasteiger partial charge is 0.170 e. The van der Waals surface area contributed by atoms with E-state index in [1.807, 2.05) is 48.5 Å². The molecule has 6 heteroatoms. The number of nitrogens with one attached hydrogen (secondary N) is 2. The molecule has 1 aliphatic carbocycles. The summed E-state index contributed by atoms with van der Waals surface area (Å²) in [5.41, 5.74) is 8.28. The second-order valence-electron chi connectivity index (χ2n) is 11.6. The highest BCUT2D eigenvalue weighted by Crippen LogP contribution is 2.55. The standard InChI is InChI=1S/C39H32N4O2/c1-6-12-23(7-2)36-41-37(25-14-11-13-24(19-25)31(40)8-3)43-38(42-36)26-17-18-32-33(20-26)45-35-22-30-28(21-34(35)44-32)27-15-9-10-16-29(27)39(30,4)5/h6-22,38,40H,1-3H2,4-5H3,(H,41,42,43)/b23-12+,40-31?. The number of hydrogen-bond acceptors (Lipinski definition) is 6. The van der Waals surface area contributed by atoms with Gasteiger partial charge in [0.1, 0.15) is 11.7 Å². The van der Waals surface area contributed by atoms with Crippen molar-refractivity contribution < 1.29 is 9.47 Å². The van der Waals surface area contributed by atoms with E-state index in [2.05, 4.69) is 75.3 Å². The van der Waals surface area contributed by atoms with Crippen LogP contribution in [0, 0.1) is 5.41 Å². The van der Waals surface area contributed by atoms with Crippen LogP contribution in [0.1, 0.15) is 47.8 Å². The predicted octanol–water partition coefficient (Wildman–Crippen LogP) is 9.19. The van der Waals surface area contributed by atoms with E-state index in [0.717, 1.165) is 22.3 Å². The fourth-order valence-electron chi connectivity index (χ4n) is 6.17. The minimum atomic E-state index is -0.573. The van der Waals surface area contributed by atoms with Gasteiger partial charge in [-0.2, -0.15) is 0 Å². The van der Waals surface area contributed by atoms with Gasteiger partial charge >= 0.3 is 0 Å². The van der Waals surface area contributed by atoms with Crippen molar-refractivity contribution in [1.29, 1.82) is 5.41 Å². The summed E-state index contributed by atoms with van der Waals surface area (Å²) in [6, 6.07) is 26.2. The summed E-state index contributed by atoms with van der Waals surface area (Å²) < 4.78 is 12.9. The molecule has 0 aromatic heterocycles. The van der Waals surface area contributed by atoms with Crippen LogP contribution in [0.2, 0.25) is 0 Å². The number of allylic oxidation sites excluding steroid dienone is 3. The SMILES string of the molecule is C=C/C=C(\C=C)C1=NC(c2ccc3c(c2)Oc2cc4c(cc2O3)-c2ccccc2C4(C)C)N=C(c2cccc(C(=N)C=C)c2)N1. The molecule has 45 heavy (non-hydrogen) atoms. The highest BCUT2D eigenvalue weighted by molar-refractivity contribution is 6.17. The molecule has 0 amide bonds. The molecular formula is C39H32N4O2. The Bertz CT molecular complexity index is 2050. The molecule has 0 radical (unpaired) electrons. The molecule has 2 N–H and O–H groups in total. The third-order valence-electron chi connectivity index (χ3n) is 8.54. The van der Waals surface area contributed by atoms with Crippen LogP contribution < -0.4 is 14.8 Å².